The minimum Gasteiger partial charge on any atom is -0.317 e. The van der Waals surface area contributed by atoms with Crippen LogP contribution in [0.25, 0.3) is 0 Å². The molecule has 2 heterocycles. The number of piperidine rings is 2. The van der Waals surface area contributed by atoms with Gasteiger partial charge in [-0.1, -0.05) is 6.92 Å². The molecule has 0 bridgehead atoms. The standard InChI is InChI=1S/C13H27N3O2S/c1-12-4-3-9-16(10-12)19(17,18)15(2)11-13-5-7-14-8-6-13/h12-14H,3-11H2,1-2H3. The van der Waals surface area contributed by atoms with Crippen LogP contribution in [0.5, 0.6) is 0 Å². The molecule has 2 aliphatic heterocycles. The molecule has 0 spiro atoms. The third-order valence-corrected chi connectivity index (χ3v) is 6.23. The van der Waals surface area contributed by atoms with Crippen molar-refractivity contribution in [3.63, 3.8) is 0 Å². The fourth-order valence-electron chi connectivity index (χ4n) is 3.08. The van der Waals surface area contributed by atoms with Crippen molar-refractivity contribution in [3.8, 4) is 0 Å². The summed E-state index contributed by atoms with van der Waals surface area (Å²) in [6.45, 7) is 6.18. The van der Waals surface area contributed by atoms with Gasteiger partial charge in [0.15, 0.2) is 0 Å². The van der Waals surface area contributed by atoms with Crippen LogP contribution in [0, 0.1) is 11.8 Å². The van der Waals surface area contributed by atoms with E-state index in [-0.39, 0.29) is 0 Å². The lowest BCUT2D eigenvalue weighted by Crippen LogP contribution is -2.48. The van der Waals surface area contributed by atoms with Crippen molar-refractivity contribution in [2.75, 3.05) is 39.8 Å². The van der Waals surface area contributed by atoms with Crippen molar-refractivity contribution in [1.82, 2.24) is 13.9 Å². The molecule has 2 saturated heterocycles. The van der Waals surface area contributed by atoms with Crippen LogP contribution in [-0.2, 0) is 10.2 Å². The number of nitrogens with one attached hydrogen (secondary N) is 1. The molecule has 19 heavy (non-hydrogen) atoms. The Kier molecular flexibility index (Phi) is 5.22. The maximum Gasteiger partial charge on any atom is 0.281 e. The highest BCUT2D eigenvalue weighted by molar-refractivity contribution is 7.86. The fraction of sp³-hybridized carbons (Fsp3) is 1.00. The molecule has 2 rings (SSSR count). The molecule has 6 heteroatoms. The molecule has 1 atom stereocenters. The van der Waals surface area contributed by atoms with Crippen molar-refractivity contribution < 1.29 is 8.42 Å². The molecule has 1 N–H and O–H groups in total. The largest absolute Gasteiger partial charge is 0.317 e. The Morgan fingerprint density at radius 3 is 2.58 bits per heavy atom. The average molecular weight is 289 g/mol. The fourth-order valence-corrected chi connectivity index (χ4v) is 4.67. The molecule has 0 aromatic heterocycles. The summed E-state index contributed by atoms with van der Waals surface area (Å²) in [6, 6.07) is 0. The molecule has 0 aromatic carbocycles. The highest BCUT2D eigenvalue weighted by Crippen LogP contribution is 2.21. The monoisotopic (exact) mass is 289 g/mol. The highest BCUT2D eigenvalue weighted by Gasteiger charge is 2.31. The Morgan fingerprint density at radius 1 is 1.26 bits per heavy atom. The van der Waals surface area contributed by atoms with E-state index in [4.69, 9.17) is 0 Å². The summed E-state index contributed by atoms with van der Waals surface area (Å²) in [5.74, 6) is 0.985. The lowest BCUT2D eigenvalue weighted by Gasteiger charge is -2.34. The van der Waals surface area contributed by atoms with Crippen molar-refractivity contribution in [3.05, 3.63) is 0 Å². The summed E-state index contributed by atoms with van der Waals surface area (Å²) in [5, 5.41) is 3.32. The van der Waals surface area contributed by atoms with E-state index in [2.05, 4.69) is 12.2 Å². The molecular formula is C13H27N3O2S. The van der Waals surface area contributed by atoms with E-state index in [1.165, 1.54) is 0 Å². The molecule has 0 radical (unpaired) electrons. The van der Waals surface area contributed by atoms with Gasteiger partial charge < -0.3 is 5.32 Å². The Labute approximate surface area is 117 Å². The van der Waals surface area contributed by atoms with Gasteiger partial charge in [-0.15, -0.1) is 0 Å². The molecule has 0 aromatic rings. The Balaban J connectivity index is 1.93. The van der Waals surface area contributed by atoms with Crippen molar-refractivity contribution in [1.29, 1.82) is 0 Å². The summed E-state index contributed by atoms with van der Waals surface area (Å²) in [4.78, 5) is 0. The highest BCUT2D eigenvalue weighted by atomic mass is 32.2. The molecular weight excluding hydrogens is 262 g/mol. The smallest absolute Gasteiger partial charge is 0.281 e. The van der Waals surface area contributed by atoms with Gasteiger partial charge >= 0.3 is 0 Å². The summed E-state index contributed by atoms with van der Waals surface area (Å²) >= 11 is 0. The first-order chi connectivity index (χ1) is 9.00. The summed E-state index contributed by atoms with van der Waals surface area (Å²) < 4.78 is 28.3. The second kappa shape index (κ2) is 6.52. The van der Waals surface area contributed by atoms with E-state index >= 15 is 0 Å². The van der Waals surface area contributed by atoms with Crippen LogP contribution in [0.2, 0.25) is 0 Å². The molecule has 1 unspecified atom stereocenters. The molecule has 0 saturated carbocycles. The van der Waals surface area contributed by atoms with Gasteiger partial charge in [-0.25, -0.2) is 0 Å². The Morgan fingerprint density at radius 2 is 1.95 bits per heavy atom. The molecule has 0 aliphatic carbocycles. The lowest BCUT2D eigenvalue weighted by atomic mass is 9.98. The molecule has 0 amide bonds. The normalized spacial score (nSPS) is 27.8. The van der Waals surface area contributed by atoms with Crippen molar-refractivity contribution in [2.24, 2.45) is 11.8 Å². The minimum absolute atomic E-state index is 0.482. The zero-order chi connectivity index (χ0) is 13.9. The average Bonchev–Trinajstić information content (AvgIpc) is 2.40. The summed E-state index contributed by atoms with van der Waals surface area (Å²) in [6.07, 6.45) is 4.29. The first kappa shape index (κ1) is 15.2. The Bertz CT molecular complexity index is 379. The number of rotatable bonds is 4. The van der Waals surface area contributed by atoms with Gasteiger partial charge in [0.05, 0.1) is 0 Å². The quantitative estimate of drug-likeness (QED) is 0.836. The van der Waals surface area contributed by atoms with Gasteiger partial charge in [-0.2, -0.15) is 17.0 Å². The minimum atomic E-state index is -3.25. The van der Waals surface area contributed by atoms with Gasteiger partial charge in [0.1, 0.15) is 0 Å². The van der Waals surface area contributed by atoms with E-state index < -0.39 is 10.2 Å². The van der Waals surface area contributed by atoms with Gasteiger partial charge in [0.2, 0.25) is 0 Å². The maximum atomic E-state index is 12.5. The van der Waals surface area contributed by atoms with Crippen LogP contribution in [0.15, 0.2) is 0 Å². The van der Waals surface area contributed by atoms with Gasteiger partial charge in [-0.3, -0.25) is 0 Å². The van der Waals surface area contributed by atoms with Crippen LogP contribution in [0.4, 0.5) is 0 Å². The van der Waals surface area contributed by atoms with E-state index in [1.54, 1.807) is 15.7 Å². The predicted octanol–water partition coefficient (Wildman–Crippen LogP) is 0.895. The molecule has 5 nitrogen and oxygen atoms in total. The molecule has 2 fully saturated rings. The third-order valence-electron chi connectivity index (χ3n) is 4.31. The lowest BCUT2D eigenvalue weighted by molar-refractivity contribution is 0.249. The van der Waals surface area contributed by atoms with Crippen LogP contribution in [-0.4, -0.2) is 56.8 Å². The topological polar surface area (TPSA) is 52.7 Å². The summed E-state index contributed by atoms with van der Waals surface area (Å²) in [7, 11) is -1.52. The molecule has 112 valence electrons. The second-order valence-electron chi connectivity index (χ2n) is 6.09. The van der Waals surface area contributed by atoms with Crippen LogP contribution in [0.1, 0.15) is 32.6 Å². The van der Waals surface area contributed by atoms with E-state index in [0.29, 0.717) is 31.5 Å². The van der Waals surface area contributed by atoms with E-state index in [1.807, 2.05) is 0 Å². The van der Waals surface area contributed by atoms with Crippen molar-refractivity contribution >= 4 is 10.2 Å². The van der Waals surface area contributed by atoms with Crippen LogP contribution >= 0.6 is 0 Å². The Hall–Kier alpha value is -0.170. The predicted molar refractivity (Wildman–Crippen MR) is 77.1 cm³/mol. The maximum absolute atomic E-state index is 12.5. The first-order valence-electron chi connectivity index (χ1n) is 7.42. The number of nitrogens with zero attached hydrogens (tertiary/aromatic N) is 2. The number of hydrogen-bond donors (Lipinski definition) is 1. The van der Waals surface area contributed by atoms with Crippen molar-refractivity contribution in [2.45, 2.75) is 32.6 Å². The van der Waals surface area contributed by atoms with Gasteiger partial charge in [0.25, 0.3) is 10.2 Å². The first-order valence-corrected chi connectivity index (χ1v) is 8.82. The van der Waals surface area contributed by atoms with Crippen LogP contribution in [0.3, 0.4) is 0 Å². The number of hydrogen-bond acceptors (Lipinski definition) is 3. The van der Waals surface area contributed by atoms with E-state index in [0.717, 1.165) is 38.8 Å². The van der Waals surface area contributed by atoms with Gasteiger partial charge in [0, 0.05) is 26.7 Å². The SMILES string of the molecule is CC1CCCN(S(=O)(=O)N(C)CC2CCNCC2)C1. The zero-order valence-electron chi connectivity index (χ0n) is 12.1. The third kappa shape index (κ3) is 3.90. The van der Waals surface area contributed by atoms with Crippen LogP contribution < -0.4 is 5.32 Å². The second-order valence-corrected chi connectivity index (χ2v) is 8.12. The van der Waals surface area contributed by atoms with E-state index in [9.17, 15) is 8.42 Å². The molecule has 2 aliphatic rings. The zero-order valence-corrected chi connectivity index (χ0v) is 13.0. The summed E-state index contributed by atoms with van der Waals surface area (Å²) in [5.41, 5.74) is 0. The van der Waals surface area contributed by atoms with Gasteiger partial charge in [-0.05, 0) is 50.6 Å².